The number of hydrogen-bond acceptors (Lipinski definition) is 1. The Morgan fingerprint density at radius 1 is 1.03 bits per heavy atom. The van der Waals surface area contributed by atoms with E-state index in [0.29, 0.717) is 28.5 Å². The van der Waals surface area contributed by atoms with Crippen molar-refractivity contribution in [1.82, 2.24) is 4.48 Å². The number of ether oxygens (including phenoxy) is 1. The lowest BCUT2D eigenvalue weighted by molar-refractivity contribution is -0.363. The van der Waals surface area contributed by atoms with Crippen LogP contribution in [0.25, 0.3) is 5.57 Å². The van der Waals surface area contributed by atoms with Crippen molar-refractivity contribution in [1.29, 1.82) is 0 Å². The molecular weight excluding hydrogens is 381 g/mol. The molecule has 0 fully saturated rings. The Bertz CT molecular complexity index is 1170. The molecule has 4 rings (SSSR count). The summed E-state index contributed by atoms with van der Waals surface area (Å²) in [4.78, 5) is 0. The summed E-state index contributed by atoms with van der Waals surface area (Å²) in [5, 5.41) is 0. The van der Waals surface area contributed by atoms with E-state index in [1.807, 2.05) is 65.8 Å². The summed E-state index contributed by atoms with van der Waals surface area (Å²) < 4.78 is 40.6. The SMILES string of the molecule is CCC1=C(C)C2=C(c3ccccc3OC)c3c(C)c(CC)c(C)n3[B-](F)(F)[N+]2=C1C. The first-order chi connectivity index (χ1) is 14.2. The molecule has 0 N–H and O–H groups in total. The molecule has 3 heterocycles. The second-order valence-electron chi connectivity index (χ2n) is 8.19. The van der Waals surface area contributed by atoms with Crippen molar-refractivity contribution >= 4 is 18.3 Å². The molecule has 1 aromatic carbocycles. The van der Waals surface area contributed by atoms with E-state index in [1.54, 1.807) is 7.11 Å². The van der Waals surface area contributed by atoms with Crippen molar-refractivity contribution in [3.8, 4) is 5.75 Å². The van der Waals surface area contributed by atoms with Gasteiger partial charge in [-0.25, -0.2) is 0 Å². The van der Waals surface area contributed by atoms with Crippen molar-refractivity contribution < 1.29 is 17.9 Å². The van der Waals surface area contributed by atoms with E-state index in [9.17, 15) is 0 Å². The van der Waals surface area contributed by atoms with Crippen LogP contribution in [-0.4, -0.2) is 28.8 Å². The zero-order valence-corrected chi connectivity index (χ0v) is 18.9. The monoisotopic (exact) mass is 410 g/mol. The lowest BCUT2D eigenvalue weighted by Gasteiger charge is -2.34. The van der Waals surface area contributed by atoms with Crippen molar-refractivity contribution in [2.45, 2.75) is 54.4 Å². The Labute approximate surface area is 177 Å². The summed E-state index contributed by atoms with van der Waals surface area (Å²) in [5.41, 5.74) is 8.07. The number of nitrogens with zero attached hydrogens (tertiary/aromatic N) is 2. The van der Waals surface area contributed by atoms with Gasteiger partial charge in [0.2, 0.25) is 0 Å². The lowest BCUT2D eigenvalue weighted by atomic mass is 9.83. The number of allylic oxidation sites excluding steroid dienone is 2. The average Bonchev–Trinajstić information content (AvgIpc) is 3.13. The van der Waals surface area contributed by atoms with Crippen LogP contribution in [0.3, 0.4) is 0 Å². The summed E-state index contributed by atoms with van der Waals surface area (Å²) in [6, 6.07) is 7.72. The van der Waals surface area contributed by atoms with E-state index in [0.717, 1.165) is 46.3 Å². The number of hydrogen-bond donors (Lipinski definition) is 0. The quantitative estimate of drug-likeness (QED) is 0.575. The molecule has 0 spiro atoms. The molecule has 0 saturated heterocycles. The van der Waals surface area contributed by atoms with Crippen LogP contribution in [0.5, 0.6) is 5.75 Å². The van der Waals surface area contributed by atoms with Gasteiger partial charge in [0.1, 0.15) is 11.5 Å². The highest BCUT2D eigenvalue weighted by Crippen LogP contribution is 2.48. The van der Waals surface area contributed by atoms with Crippen LogP contribution in [0.2, 0.25) is 0 Å². The Morgan fingerprint density at radius 2 is 1.70 bits per heavy atom. The third-order valence-electron chi connectivity index (χ3n) is 6.87. The summed E-state index contributed by atoms with van der Waals surface area (Å²) in [6.45, 7) is 7.65. The normalized spacial score (nSPS) is 17.6. The van der Waals surface area contributed by atoms with Crippen molar-refractivity contribution in [2.24, 2.45) is 0 Å². The van der Waals surface area contributed by atoms with Crippen LogP contribution in [0.4, 0.5) is 8.63 Å². The number of fused-ring (bicyclic) bond motifs is 2. The van der Waals surface area contributed by atoms with Crippen LogP contribution < -0.4 is 4.74 Å². The maximum Gasteiger partial charge on any atom is 0.737 e. The molecule has 30 heavy (non-hydrogen) atoms. The second-order valence-corrected chi connectivity index (χ2v) is 8.19. The second kappa shape index (κ2) is 6.97. The topological polar surface area (TPSA) is 17.2 Å². The predicted octanol–water partition coefficient (Wildman–Crippen LogP) is 5.89. The highest BCUT2D eigenvalue weighted by molar-refractivity contribution is 6.58. The molecule has 158 valence electrons. The predicted molar refractivity (Wildman–Crippen MR) is 120 cm³/mol. The van der Waals surface area contributed by atoms with Gasteiger partial charge in [0, 0.05) is 29.3 Å². The minimum absolute atomic E-state index is 0.620. The number of para-hydroxylation sites is 1. The van der Waals surface area contributed by atoms with Crippen molar-refractivity contribution in [3.05, 3.63) is 69.2 Å². The fourth-order valence-corrected chi connectivity index (χ4v) is 5.58. The van der Waals surface area contributed by atoms with Gasteiger partial charge >= 0.3 is 6.97 Å². The minimum atomic E-state index is -4.00. The van der Waals surface area contributed by atoms with Gasteiger partial charge < -0.3 is 22.3 Å². The molecule has 0 amide bonds. The molecule has 0 radical (unpaired) electrons. The highest BCUT2D eigenvalue weighted by Gasteiger charge is 2.56. The summed E-state index contributed by atoms with van der Waals surface area (Å²) >= 11 is 0. The Morgan fingerprint density at radius 3 is 2.30 bits per heavy atom. The molecule has 2 aromatic rings. The molecule has 0 atom stereocenters. The van der Waals surface area contributed by atoms with Crippen LogP contribution in [0, 0.1) is 13.8 Å². The smallest absolute Gasteiger partial charge is 0.496 e. The highest BCUT2D eigenvalue weighted by atomic mass is 19.2. The van der Waals surface area contributed by atoms with Crippen molar-refractivity contribution in [3.63, 3.8) is 0 Å². The van der Waals surface area contributed by atoms with Gasteiger partial charge in [0.25, 0.3) is 0 Å². The first kappa shape index (κ1) is 20.6. The van der Waals surface area contributed by atoms with E-state index in [4.69, 9.17) is 4.74 Å². The standard InChI is InChI=1S/C24H29BF2N2O/c1-8-18-14(3)23-22(20-12-10-11-13-21(20)30-7)24-15(4)19(9-2)17(6)29(24)25(26,27)28(23)16(18)5/h10-13H,8-9H2,1-7H3. The number of methoxy groups -OCH3 is 1. The van der Waals surface area contributed by atoms with Crippen molar-refractivity contribution in [2.75, 3.05) is 7.11 Å². The first-order valence-corrected chi connectivity index (χ1v) is 10.7. The Balaban J connectivity index is 2.26. The molecule has 3 nitrogen and oxygen atoms in total. The number of aromatic nitrogens is 1. The van der Waals surface area contributed by atoms with E-state index in [1.165, 1.54) is 8.96 Å². The maximum atomic E-state index is 16.2. The van der Waals surface area contributed by atoms with Gasteiger partial charge in [-0.2, -0.15) is 0 Å². The van der Waals surface area contributed by atoms with Gasteiger partial charge in [-0.1, -0.05) is 32.0 Å². The van der Waals surface area contributed by atoms with Gasteiger partial charge in [-0.05, 0) is 56.5 Å². The van der Waals surface area contributed by atoms with Crippen LogP contribution >= 0.6 is 0 Å². The van der Waals surface area contributed by atoms with Crippen LogP contribution in [0.15, 0.2) is 41.1 Å². The summed E-state index contributed by atoms with van der Waals surface area (Å²) in [7, 11) is 1.63. The molecule has 6 heteroatoms. The minimum Gasteiger partial charge on any atom is -0.496 e. The van der Waals surface area contributed by atoms with Crippen LogP contribution in [0.1, 0.15) is 62.2 Å². The van der Waals surface area contributed by atoms with E-state index < -0.39 is 6.97 Å². The van der Waals surface area contributed by atoms with Gasteiger partial charge in [-0.15, -0.1) is 0 Å². The molecule has 1 aromatic heterocycles. The van der Waals surface area contributed by atoms with E-state index >= 15 is 8.63 Å². The number of rotatable bonds is 4. The maximum absolute atomic E-state index is 16.2. The first-order valence-electron chi connectivity index (χ1n) is 10.7. The number of benzene rings is 1. The fraction of sp³-hybridized carbons (Fsp3) is 0.375. The molecule has 0 saturated carbocycles. The molecule has 2 aliphatic heterocycles. The van der Waals surface area contributed by atoms with Gasteiger partial charge in [-0.3, -0.25) is 0 Å². The van der Waals surface area contributed by atoms with Gasteiger partial charge in [0.15, 0.2) is 5.70 Å². The Kier molecular flexibility index (Phi) is 4.79. The zero-order valence-electron chi connectivity index (χ0n) is 18.9. The molecule has 0 unspecified atom stereocenters. The largest absolute Gasteiger partial charge is 0.737 e. The van der Waals surface area contributed by atoms with Gasteiger partial charge in [0.05, 0.1) is 12.7 Å². The van der Waals surface area contributed by atoms with E-state index in [2.05, 4.69) is 0 Å². The molecule has 0 bridgehead atoms. The average molecular weight is 410 g/mol. The molecular formula is C24H29BF2N2O. The summed E-state index contributed by atoms with van der Waals surface area (Å²) in [6.07, 6.45) is 1.44. The Hall–Kier alpha value is -2.63. The fourth-order valence-electron chi connectivity index (χ4n) is 5.58. The molecule has 2 aliphatic rings. The number of halogens is 2. The van der Waals surface area contributed by atoms with Crippen LogP contribution in [-0.2, 0) is 6.42 Å². The zero-order chi connectivity index (χ0) is 22.0. The lowest BCUT2D eigenvalue weighted by Crippen LogP contribution is -2.51. The molecule has 0 aliphatic carbocycles. The third kappa shape index (κ3) is 2.45. The summed E-state index contributed by atoms with van der Waals surface area (Å²) in [5.74, 6) is 0.691. The van der Waals surface area contributed by atoms with E-state index in [-0.39, 0.29) is 0 Å². The third-order valence-corrected chi connectivity index (χ3v) is 6.87.